The van der Waals surface area contributed by atoms with Crippen LogP contribution in [-0.4, -0.2) is 29.9 Å². The van der Waals surface area contributed by atoms with E-state index in [0.29, 0.717) is 12.2 Å². The normalized spacial score (nSPS) is 11.9. The van der Waals surface area contributed by atoms with Gasteiger partial charge in [-0.1, -0.05) is 19.9 Å². The number of aryl methyl sites for hydroxylation is 2. The van der Waals surface area contributed by atoms with Crippen LogP contribution in [0.4, 0.5) is 4.79 Å². The van der Waals surface area contributed by atoms with E-state index in [9.17, 15) is 9.59 Å². The molecule has 3 N–H and O–H groups in total. The zero-order valence-electron chi connectivity index (χ0n) is 13.5. The summed E-state index contributed by atoms with van der Waals surface area (Å²) in [4.78, 5) is 22.7. The third-order valence-electron chi connectivity index (χ3n) is 3.26. The van der Waals surface area contributed by atoms with E-state index in [2.05, 4.69) is 10.6 Å². The van der Waals surface area contributed by atoms with E-state index >= 15 is 0 Å². The van der Waals surface area contributed by atoms with E-state index in [1.165, 1.54) is 0 Å². The second kappa shape index (κ2) is 8.26. The SMILES string of the molecule is Cc1ccc(OCNC(=O)NC(CC(C)C)C(=O)O)cc1C. The van der Waals surface area contributed by atoms with E-state index in [4.69, 9.17) is 9.84 Å². The molecule has 1 unspecified atom stereocenters. The van der Waals surface area contributed by atoms with E-state index in [-0.39, 0.29) is 12.6 Å². The van der Waals surface area contributed by atoms with Gasteiger partial charge in [-0.15, -0.1) is 0 Å². The van der Waals surface area contributed by atoms with Gasteiger partial charge in [0.15, 0.2) is 6.73 Å². The van der Waals surface area contributed by atoms with Crippen LogP contribution in [0.3, 0.4) is 0 Å². The molecule has 1 rings (SSSR count). The van der Waals surface area contributed by atoms with E-state index in [0.717, 1.165) is 11.1 Å². The van der Waals surface area contributed by atoms with Crippen molar-refractivity contribution >= 4 is 12.0 Å². The molecule has 0 heterocycles. The Morgan fingerprint density at radius 1 is 1.23 bits per heavy atom. The zero-order valence-corrected chi connectivity index (χ0v) is 13.5. The lowest BCUT2D eigenvalue weighted by Crippen LogP contribution is -2.47. The van der Waals surface area contributed by atoms with Gasteiger partial charge in [0.25, 0.3) is 0 Å². The molecule has 0 spiro atoms. The van der Waals surface area contributed by atoms with Crippen molar-refractivity contribution in [1.29, 1.82) is 0 Å². The Morgan fingerprint density at radius 2 is 1.91 bits per heavy atom. The first-order valence-electron chi connectivity index (χ1n) is 7.26. The number of ether oxygens (including phenoxy) is 1. The number of urea groups is 1. The summed E-state index contributed by atoms with van der Waals surface area (Å²) in [6.45, 7) is 7.76. The number of aliphatic carboxylic acids is 1. The molecule has 0 radical (unpaired) electrons. The summed E-state index contributed by atoms with van der Waals surface area (Å²) in [6, 6.07) is 4.18. The minimum absolute atomic E-state index is 0.0254. The number of nitrogens with one attached hydrogen (secondary N) is 2. The van der Waals surface area contributed by atoms with Crippen LogP contribution >= 0.6 is 0 Å². The van der Waals surface area contributed by atoms with Crippen LogP contribution in [-0.2, 0) is 4.79 Å². The van der Waals surface area contributed by atoms with Gasteiger partial charge in [-0.2, -0.15) is 0 Å². The summed E-state index contributed by atoms with van der Waals surface area (Å²) < 4.78 is 5.42. The molecule has 1 atom stereocenters. The van der Waals surface area contributed by atoms with Crippen LogP contribution in [0.2, 0.25) is 0 Å². The molecule has 122 valence electrons. The lowest BCUT2D eigenvalue weighted by Gasteiger charge is -2.17. The van der Waals surface area contributed by atoms with Crippen molar-refractivity contribution in [2.45, 2.75) is 40.2 Å². The van der Waals surface area contributed by atoms with Gasteiger partial charge in [-0.25, -0.2) is 9.59 Å². The molecule has 1 aromatic rings. The number of carbonyl (C=O) groups excluding carboxylic acids is 1. The first kappa shape index (κ1) is 17.8. The molecule has 0 saturated carbocycles. The van der Waals surface area contributed by atoms with Crippen molar-refractivity contribution in [3.05, 3.63) is 29.3 Å². The molecule has 22 heavy (non-hydrogen) atoms. The zero-order chi connectivity index (χ0) is 16.7. The van der Waals surface area contributed by atoms with Crippen LogP contribution in [0.1, 0.15) is 31.4 Å². The van der Waals surface area contributed by atoms with Crippen molar-refractivity contribution in [2.75, 3.05) is 6.73 Å². The molecule has 0 aliphatic heterocycles. The van der Waals surface area contributed by atoms with Gasteiger partial charge >= 0.3 is 12.0 Å². The van der Waals surface area contributed by atoms with Gasteiger partial charge in [0.2, 0.25) is 0 Å². The number of benzene rings is 1. The molecule has 6 heteroatoms. The number of amides is 2. The average molecular weight is 308 g/mol. The largest absolute Gasteiger partial charge is 0.480 e. The van der Waals surface area contributed by atoms with Crippen LogP contribution in [0.5, 0.6) is 5.75 Å². The fourth-order valence-corrected chi connectivity index (χ4v) is 1.89. The number of hydrogen-bond acceptors (Lipinski definition) is 3. The second-order valence-corrected chi connectivity index (χ2v) is 5.71. The topological polar surface area (TPSA) is 87.7 Å². The summed E-state index contributed by atoms with van der Waals surface area (Å²) in [6.07, 6.45) is 0.376. The smallest absolute Gasteiger partial charge is 0.326 e. The van der Waals surface area contributed by atoms with Crippen molar-refractivity contribution in [3.63, 3.8) is 0 Å². The highest BCUT2D eigenvalue weighted by Crippen LogP contribution is 2.15. The fourth-order valence-electron chi connectivity index (χ4n) is 1.89. The van der Waals surface area contributed by atoms with Crippen molar-refractivity contribution in [2.24, 2.45) is 5.92 Å². The number of carboxylic acids is 1. The lowest BCUT2D eigenvalue weighted by atomic mass is 10.0. The van der Waals surface area contributed by atoms with Gasteiger partial charge in [0.05, 0.1) is 0 Å². The number of rotatable bonds is 7. The third-order valence-corrected chi connectivity index (χ3v) is 3.26. The second-order valence-electron chi connectivity index (χ2n) is 5.71. The summed E-state index contributed by atoms with van der Waals surface area (Å²) in [5.74, 6) is -0.215. The molecule has 0 aliphatic rings. The Morgan fingerprint density at radius 3 is 2.45 bits per heavy atom. The molecular formula is C16H24N2O4. The number of carboxylic acid groups (broad SMARTS) is 1. The maximum absolute atomic E-state index is 11.7. The molecule has 0 saturated heterocycles. The molecule has 2 amide bonds. The molecular weight excluding hydrogens is 284 g/mol. The highest BCUT2D eigenvalue weighted by molar-refractivity contribution is 5.82. The van der Waals surface area contributed by atoms with Gasteiger partial charge in [-0.3, -0.25) is 0 Å². The van der Waals surface area contributed by atoms with Crippen molar-refractivity contribution in [3.8, 4) is 5.75 Å². The van der Waals surface area contributed by atoms with Crippen LogP contribution in [0.15, 0.2) is 18.2 Å². The Bertz CT molecular complexity index is 529. The Balaban J connectivity index is 2.41. The summed E-state index contributed by atoms with van der Waals surface area (Å²) >= 11 is 0. The molecule has 0 aliphatic carbocycles. The average Bonchev–Trinajstić information content (AvgIpc) is 2.41. The van der Waals surface area contributed by atoms with E-state index < -0.39 is 18.0 Å². The third kappa shape index (κ3) is 6.03. The van der Waals surface area contributed by atoms with Crippen LogP contribution in [0, 0.1) is 19.8 Å². The van der Waals surface area contributed by atoms with Gasteiger partial charge < -0.3 is 20.5 Å². The lowest BCUT2D eigenvalue weighted by molar-refractivity contribution is -0.139. The highest BCUT2D eigenvalue weighted by atomic mass is 16.5. The number of carbonyl (C=O) groups is 2. The van der Waals surface area contributed by atoms with Crippen molar-refractivity contribution < 1.29 is 19.4 Å². The monoisotopic (exact) mass is 308 g/mol. The summed E-state index contributed by atoms with van der Waals surface area (Å²) in [7, 11) is 0. The predicted molar refractivity (Wildman–Crippen MR) is 84.0 cm³/mol. The Kier molecular flexibility index (Phi) is 6.69. The van der Waals surface area contributed by atoms with Gasteiger partial charge in [0.1, 0.15) is 11.8 Å². The Labute approximate surface area is 130 Å². The first-order valence-corrected chi connectivity index (χ1v) is 7.26. The van der Waals surface area contributed by atoms with Crippen LogP contribution in [0.25, 0.3) is 0 Å². The highest BCUT2D eigenvalue weighted by Gasteiger charge is 2.20. The number of hydrogen-bond donors (Lipinski definition) is 3. The summed E-state index contributed by atoms with van der Waals surface area (Å²) in [5.41, 5.74) is 2.26. The maximum atomic E-state index is 11.7. The van der Waals surface area contributed by atoms with E-state index in [1.807, 2.05) is 45.9 Å². The minimum Gasteiger partial charge on any atom is -0.480 e. The van der Waals surface area contributed by atoms with Crippen LogP contribution < -0.4 is 15.4 Å². The molecule has 1 aromatic carbocycles. The molecule has 0 fully saturated rings. The fraction of sp³-hybridized carbons (Fsp3) is 0.500. The molecule has 0 bridgehead atoms. The summed E-state index contributed by atoms with van der Waals surface area (Å²) in [5, 5.41) is 14.0. The quantitative estimate of drug-likeness (QED) is 0.675. The molecule has 6 nitrogen and oxygen atoms in total. The first-order chi connectivity index (χ1) is 10.3. The molecule has 0 aromatic heterocycles. The standard InChI is InChI=1S/C16H24N2O4/c1-10(2)7-14(15(19)20)18-16(21)17-9-22-13-6-5-11(3)12(4)8-13/h5-6,8,10,14H,7,9H2,1-4H3,(H,19,20)(H2,17,18,21). The minimum atomic E-state index is -1.04. The predicted octanol–water partition coefficient (Wildman–Crippen LogP) is 2.44. The van der Waals surface area contributed by atoms with E-state index in [1.54, 1.807) is 0 Å². The van der Waals surface area contributed by atoms with Gasteiger partial charge in [-0.05, 0) is 49.4 Å². The maximum Gasteiger partial charge on any atom is 0.326 e. The van der Waals surface area contributed by atoms with Gasteiger partial charge in [0, 0.05) is 0 Å². The van der Waals surface area contributed by atoms with Crippen molar-refractivity contribution in [1.82, 2.24) is 10.6 Å². The Hall–Kier alpha value is -2.24.